The van der Waals surface area contributed by atoms with Crippen LogP contribution >= 0.6 is 0 Å². The molecule has 0 radical (unpaired) electrons. The highest BCUT2D eigenvalue weighted by Crippen LogP contribution is 2.30. The molecule has 23 heavy (non-hydrogen) atoms. The molecule has 0 bridgehead atoms. The van der Waals surface area contributed by atoms with E-state index in [0.29, 0.717) is 6.67 Å². The summed E-state index contributed by atoms with van der Waals surface area (Å²) < 4.78 is 1.85. The lowest BCUT2D eigenvalue weighted by molar-refractivity contribution is -0.132. The van der Waals surface area contributed by atoms with Crippen LogP contribution in [0.4, 0.5) is 0 Å². The smallest absolute Gasteiger partial charge is 0.269 e. The first-order valence-electron chi connectivity index (χ1n) is 7.79. The van der Waals surface area contributed by atoms with Crippen LogP contribution in [0.2, 0.25) is 0 Å². The van der Waals surface area contributed by atoms with Gasteiger partial charge in [-0.15, -0.1) is 0 Å². The predicted octanol–water partition coefficient (Wildman–Crippen LogP) is 0.721. The van der Waals surface area contributed by atoms with Gasteiger partial charge in [0, 0.05) is 18.0 Å². The SMILES string of the molecule is CC(C)C1=C(c2ccc3c(cnn3C)c2)NC2NCNN2C1=O. The minimum Gasteiger partial charge on any atom is -0.351 e. The van der Waals surface area contributed by atoms with E-state index in [1.165, 1.54) is 0 Å². The fourth-order valence-electron chi connectivity index (χ4n) is 3.26. The van der Waals surface area contributed by atoms with E-state index >= 15 is 0 Å². The molecular formula is C16H20N6O. The first-order valence-corrected chi connectivity index (χ1v) is 7.79. The fourth-order valence-corrected chi connectivity index (χ4v) is 3.26. The van der Waals surface area contributed by atoms with Gasteiger partial charge < -0.3 is 5.32 Å². The number of aryl methyl sites for hydroxylation is 1. The highest BCUT2D eigenvalue weighted by Gasteiger charge is 2.38. The molecule has 2 aliphatic heterocycles. The van der Waals surface area contributed by atoms with Crippen molar-refractivity contribution in [2.24, 2.45) is 13.0 Å². The molecule has 1 amide bonds. The first-order chi connectivity index (χ1) is 11.1. The Labute approximate surface area is 134 Å². The summed E-state index contributed by atoms with van der Waals surface area (Å²) in [6, 6.07) is 6.17. The zero-order valence-electron chi connectivity index (χ0n) is 13.4. The van der Waals surface area contributed by atoms with Crippen LogP contribution in [0.3, 0.4) is 0 Å². The first kappa shape index (κ1) is 14.2. The van der Waals surface area contributed by atoms with Gasteiger partial charge in [-0.1, -0.05) is 19.9 Å². The van der Waals surface area contributed by atoms with Gasteiger partial charge in [0.05, 0.1) is 24.1 Å². The van der Waals surface area contributed by atoms with Gasteiger partial charge in [-0.2, -0.15) is 5.10 Å². The zero-order valence-corrected chi connectivity index (χ0v) is 13.4. The molecular weight excluding hydrogens is 292 g/mol. The molecule has 1 atom stereocenters. The second-order valence-corrected chi connectivity index (χ2v) is 6.25. The van der Waals surface area contributed by atoms with E-state index in [2.05, 4.69) is 27.2 Å². The number of benzene rings is 1. The molecule has 1 fully saturated rings. The Hall–Kier alpha value is -2.38. The van der Waals surface area contributed by atoms with Crippen LogP contribution in [0, 0.1) is 5.92 Å². The third-order valence-corrected chi connectivity index (χ3v) is 4.41. The summed E-state index contributed by atoms with van der Waals surface area (Å²) in [6.07, 6.45) is 1.63. The van der Waals surface area contributed by atoms with E-state index < -0.39 is 0 Å². The topological polar surface area (TPSA) is 74.2 Å². The number of rotatable bonds is 2. The Balaban J connectivity index is 1.86. The lowest BCUT2D eigenvalue weighted by Crippen LogP contribution is -2.56. The minimum absolute atomic E-state index is 0.0232. The van der Waals surface area contributed by atoms with E-state index in [4.69, 9.17) is 0 Å². The van der Waals surface area contributed by atoms with Gasteiger partial charge in [-0.25, -0.2) is 10.4 Å². The average Bonchev–Trinajstić information content (AvgIpc) is 3.13. The zero-order chi connectivity index (χ0) is 16.1. The summed E-state index contributed by atoms with van der Waals surface area (Å²) in [7, 11) is 1.93. The molecule has 2 aliphatic rings. The molecule has 120 valence electrons. The second kappa shape index (κ2) is 5.07. The number of hydrogen-bond donors (Lipinski definition) is 3. The monoisotopic (exact) mass is 312 g/mol. The van der Waals surface area contributed by atoms with Crippen molar-refractivity contribution in [3.05, 3.63) is 35.5 Å². The van der Waals surface area contributed by atoms with Crippen LogP contribution in [0.5, 0.6) is 0 Å². The van der Waals surface area contributed by atoms with E-state index in [-0.39, 0.29) is 18.1 Å². The number of hydrogen-bond acceptors (Lipinski definition) is 5. The molecule has 1 aromatic heterocycles. The van der Waals surface area contributed by atoms with Crippen LogP contribution < -0.4 is 16.1 Å². The molecule has 7 heteroatoms. The van der Waals surface area contributed by atoms with Crippen LogP contribution in [0.15, 0.2) is 30.0 Å². The number of carbonyl (C=O) groups is 1. The average molecular weight is 312 g/mol. The Morgan fingerprint density at radius 2 is 2.17 bits per heavy atom. The van der Waals surface area contributed by atoms with Gasteiger partial charge in [0.2, 0.25) is 0 Å². The number of carbonyl (C=O) groups excluding carboxylic acids is 1. The fraction of sp³-hybridized carbons (Fsp3) is 0.375. The van der Waals surface area contributed by atoms with Crippen molar-refractivity contribution >= 4 is 22.5 Å². The maximum absolute atomic E-state index is 12.8. The molecule has 3 N–H and O–H groups in total. The van der Waals surface area contributed by atoms with Crippen LogP contribution in [-0.4, -0.2) is 33.7 Å². The molecule has 0 spiro atoms. The summed E-state index contributed by atoms with van der Waals surface area (Å²) in [5.41, 5.74) is 6.83. The number of nitrogens with zero attached hydrogens (tertiary/aromatic N) is 3. The van der Waals surface area contributed by atoms with E-state index in [1.807, 2.05) is 43.9 Å². The third kappa shape index (κ3) is 2.12. The van der Waals surface area contributed by atoms with E-state index in [9.17, 15) is 4.79 Å². The Bertz CT molecular complexity index is 821. The Morgan fingerprint density at radius 1 is 1.35 bits per heavy atom. The van der Waals surface area contributed by atoms with Gasteiger partial charge in [-0.3, -0.25) is 14.8 Å². The van der Waals surface area contributed by atoms with Crippen molar-refractivity contribution in [1.82, 2.24) is 30.8 Å². The molecule has 1 aromatic carbocycles. The van der Waals surface area contributed by atoms with Crippen molar-refractivity contribution in [2.45, 2.75) is 20.1 Å². The molecule has 7 nitrogen and oxygen atoms in total. The second-order valence-electron chi connectivity index (χ2n) is 6.25. The quantitative estimate of drug-likeness (QED) is 0.762. The number of fused-ring (bicyclic) bond motifs is 2. The van der Waals surface area contributed by atoms with Gasteiger partial charge >= 0.3 is 0 Å². The Kier molecular flexibility index (Phi) is 3.14. The minimum atomic E-state index is -0.218. The summed E-state index contributed by atoms with van der Waals surface area (Å²) in [6.45, 7) is 4.66. The van der Waals surface area contributed by atoms with Gasteiger partial charge in [0.15, 0.2) is 6.29 Å². The highest BCUT2D eigenvalue weighted by molar-refractivity contribution is 6.03. The van der Waals surface area contributed by atoms with Crippen molar-refractivity contribution < 1.29 is 4.79 Å². The van der Waals surface area contributed by atoms with Crippen LogP contribution in [0.1, 0.15) is 19.4 Å². The van der Waals surface area contributed by atoms with Crippen molar-refractivity contribution in [3.63, 3.8) is 0 Å². The maximum Gasteiger partial charge on any atom is 0.269 e. The third-order valence-electron chi connectivity index (χ3n) is 4.41. The summed E-state index contributed by atoms with van der Waals surface area (Å²) in [5, 5.41) is 13.6. The lowest BCUT2D eigenvalue weighted by atomic mass is 9.94. The lowest BCUT2D eigenvalue weighted by Gasteiger charge is -2.34. The van der Waals surface area contributed by atoms with Crippen molar-refractivity contribution in [2.75, 3.05) is 6.67 Å². The van der Waals surface area contributed by atoms with Crippen molar-refractivity contribution in [3.8, 4) is 0 Å². The van der Waals surface area contributed by atoms with Crippen LogP contribution in [-0.2, 0) is 11.8 Å². The molecule has 2 aromatic rings. The van der Waals surface area contributed by atoms with Gasteiger partial charge in [0.25, 0.3) is 5.91 Å². The van der Waals surface area contributed by atoms with E-state index in [0.717, 1.165) is 27.7 Å². The number of aromatic nitrogens is 2. The highest BCUT2D eigenvalue weighted by atomic mass is 16.2. The maximum atomic E-state index is 12.8. The number of amides is 1. The van der Waals surface area contributed by atoms with Gasteiger partial charge in [-0.05, 0) is 23.6 Å². The predicted molar refractivity (Wildman–Crippen MR) is 87.4 cm³/mol. The van der Waals surface area contributed by atoms with Crippen LogP contribution in [0.25, 0.3) is 16.6 Å². The molecule has 3 heterocycles. The molecule has 1 saturated heterocycles. The standard InChI is InChI=1S/C16H20N6O/c1-9(2)13-14(20-16-17-8-19-22(16)15(13)23)10-4-5-12-11(6-10)7-18-21(12)3/h4-7,9,16-17,19-20H,8H2,1-3H3. The Morgan fingerprint density at radius 3 is 2.96 bits per heavy atom. The number of nitrogens with one attached hydrogen (secondary N) is 3. The normalized spacial score (nSPS) is 21.3. The molecule has 0 saturated carbocycles. The molecule has 0 aliphatic carbocycles. The number of hydrazine groups is 1. The summed E-state index contributed by atoms with van der Waals surface area (Å²) >= 11 is 0. The largest absolute Gasteiger partial charge is 0.351 e. The van der Waals surface area contributed by atoms with E-state index in [1.54, 1.807) is 5.01 Å². The summed E-state index contributed by atoms with van der Waals surface area (Å²) in [4.78, 5) is 12.8. The molecule has 4 rings (SSSR count). The summed E-state index contributed by atoms with van der Waals surface area (Å²) in [5.74, 6) is 0.146. The van der Waals surface area contributed by atoms with Gasteiger partial charge in [0.1, 0.15) is 0 Å². The molecule has 1 unspecified atom stereocenters. The van der Waals surface area contributed by atoms with Crippen molar-refractivity contribution in [1.29, 1.82) is 0 Å².